The summed E-state index contributed by atoms with van der Waals surface area (Å²) in [6, 6.07) is 14.6. The predicted molar refractivity (Wildman–Crippen MR) is 102 cm³/mol. The average Bonchev–Trinajstić information content (AvgIpc) is 3.47. The van der Waals surface area contributed by atoms with Crippen molar-refractivity contribution in [3.63, 3.8) is 0 Å². The zero-order chi connectivity index (χ0) is 19.0. The SMILES string of the molecule is O=C1CC(=O)[C@](CNC(=O)c2ccccc2-c2ccc(Cl)cc2)(C2CC2)N1. The molecule has 0 aromatic heterocycles. The number of rotatable bonds is 5. The Labute approximate surface area is 162 Å². The second-order valence-electron chi connectivity index (χ2n) is 7.13. The highest BCUT2D eigenvalue weighted by molar-refractivity contribution is 6.30. The Kier molecular flexibility index (Phi) is 4.48. The highest BCUT2D eigenvalue weighted by Crippen LogP contribution is 2.42. The molecule has 27 heavy (non-hydrogen) atoms. The van der Waals surface area contributed by atoms with Gasteiger partial charge in [0.1, 0.15) is 5.54 Å². The standard InChI is InChI=1S/C21H19ClN2O3/c22-15-9-5-13(6-10-15)16-3-1-2-4-17(16)20(27)23-12-21(14-7-8-14)18(25)11-19(26)24-21/h1-6,9-10,14H,7-8,11-12H2,(H,23,27)(H,24,26)/t21-/m0/s1. The number of Topliss-reactive ketones (excluding diaryl/α,β-unsaturated/α-hetero) is 1. The van der Waals surface area contributed by atoms with Gasteiger partial charge in [-0.1, -0.05) is 41.9 Å². The molecule has 2 N–H and O–H groups in total. The maximum atomic E-state index is 12.9. The van der Waals surface area contributed by atoms with Crippen LogP contribution in [0.1, 0.15) is 29.6 Å². The Hall–Kier alpha value is -2.66. The molecule has 1 saturated carbocycles. The van der Waals surface area contributed by atoms with Gasteiger partial charge in [0.25, 0.3) is 5.91 Å². The van der Waals surface area contributed by atoms with Gasteiger partial charge in [-0.25, -0.2) is 0 Å². The number of carbonyl (C=O) groups excluding carboxylic acids is 3. The van der Waals surface area contributed by atoms with Gasteiger partial charge in [-0.15, -0.1) is 0 Å². The van der Waals surface area contributed by atoms with Gasteiger partial charge in [0, 0.05) is 17.1 Å². The van der Waals surface area contributed by atoms with Gasteiger partial charge >= 0.3 is 0 Å². The predicted octanol–water partition coefficient (Wildman–Crippen LogP) is 2.97. The van der Waals surface area contributed by atoms with Crippen molar-refractivity contribution in [2.45, 2.75) is 24.8 Å². The molecule has 1 atom stereocenters. The summed E-state index contributed by atoms with van der Waals surface area (Å²) in [6.45, 7) is 0.121. The maximum absolute atomic E-state index is 12.9. The smallest absolute Gasteiger partial charge is 0.252 e. The molecule has 2 amide bonds. The molecule has 5 nitrogen and oxygen atoms in total. The van der Waals surface area contributed by atoms with Crippen LogP contribution in [0.4, 0.5) is 0 Å². The van der Waals surface area contributed by atoms with Gasteiger partial charge in [0.05, 0.1) is 6.42 Å². The number of nitrogens with one attached hydrogen (secondary N) is 2. The number of hydrogen-bond donors (Lipinski definition) is 2. The van der Waals surface area contributed by atoms with Crippen molar-refractivity contribution in [2.75, 3.05) is 6.54 Å². The van der Waals surface area contributed by atoms with Crippen molar-refractivity contribution in [3.8, 4) is 11.1 Å². The van der Waals surface area contributed by atoms with E-state index in [4.69, 9.17) is 11.6 Å². The summed E-state index contributed by atoms with van der Waals surface area (Å²) >= 11 is 5.95. The van der Waals surface area contributed by atoms with Crippen LogP contribution in [0, 0.1) is 5.92 Å². The van der Waals surface area contributed by atoms with Crippen molar-refractivity contribution in [1.29, 1.82) is 0 Å². The molecular weight excluding hydrogens is 364 g/mol. The number of halogens is 1. The molecule has 4 rings (SSSR count). The van der Waals surface area contributed by atoms with Gasteiger partial charge in [0.15, 0.2) is 5.78 Å². The van der Waals surface area contributed by atoms with Gasteiger partial charge in [-0.05, 0) is 48.1 Å². The first kappa shape index (κ1) is 17.7. The summed E-state index contributed by atoms with van der Waals surface area (Å²) in [4.78, 5) is 37.0. The third-order valence-corrected chi connectivity index (χ3v) is 5.56. The Morgan fingerprint density at radius 3 is 2.44 bits per heavy atom. The molecule has 0 spiro atoms. The molecular formula is C21H19ClN2O3. The molecule has 0 radical (unpaired) electrons. The summed E-state index contributed by atoms with van der Waals surface area (Å²) in [6.07, 6.45) is 1.68. The summed E-state index contributed by atoms with van der Waals surface area (Å²) in [5.41, 5.74) is 1.24. The van der Waals surface area contributed by atoms with Crippen LogP contribution in [0.15, 0.2) is 48.5 Å². The van der Waals surface area contributed by atoms with E-state index in [1.165, 1.54) is 0 Å². The van der Waals surface area contributed by atoms with Gasteiger partial charge in [-0.2, -0.15) is 0 Å². The van der Waals surface area contributed by atoms with Gasteiger partial charge in [-0.3, -0.25) is 14.4 Å². The molecule has 1 saturated heterocycles. The molecule has 0 unspecified atom stereocenters. The maximum Gasteiger partial charge on any atom is 0.252 e. The number of carbonyl (C=O) groups is 3. The fourth-order valence-electron chi connectivity index (χ4n) is 3.74. The van der Waals surface area contributed by atoms with Crippen LogP contribution in [0.25, 0.3) is 11.1 Å². The second kappa shape index (κ2) is 6.82. The van der Waals surface area contributed by atoms with Crippen molar-refractivity contribution < 1.29 is 14.4 Å². The molecule has 2 aliphatic rings. The number of amides is 2. The lowest BCUT2D eigenvalue weighted by atomic mass is 9.89. The molecule has 2 aromatic rings. The van der Waals surface area contributed by atoms with Crippen LogP contribution in [-0.2, 0) is 9.59 Å². The number of hydrogen-bond acceptors (Lipinski definition) is 3. The summed E-state index contributed by atoms with van der Waals surface area (Å²) in [5, 5.41) is 6.32. The van der Waals surface area contributed by atoms with Crippen LogP contribution < -0.4 is 10.6 Å². The van der Waals surface area contributed by atoms with E-state index in [9.17, 15) is 14.4 Å². The Morgan fingerprint density at radius 1 is 1.11 bits per heavy atom. The minimum absolute atomic E-state index is 0.103. The molecule has 1 aliphatic carbocycles. The first-order valence-electron chi connectivity index (χ1n) is 8.97. The van der Waals surface area contributed by atoms with E-state index in [1.807, 2.05) is 24.3 Å². The van der Waals surface area contributed by atoms with Crippen molar-refractivity contribution in [2.24, 2.45) is 5.92 Å². The average molecular weight is 383 g/mol. The first-order valence-corrected chi connectivity index (χ1v) is 9.35. The lowest BCUT2D eigenvalue weighted by molar-refractivity contribution is -0.123. The fraction of sp³-hybridized carbons (Fsp3) is 0.286. The van der Waals surface area contributed by atoms with Crippen LogP contribution in [-0.4, -0.2) is 29.7 Å². The van der Waals surface area contributed by atoms with Crippen molar-refractivity contribution in [3.05, 3.63) is 59.1 Å². The van der Waals surface area contributed by atoms with Gasteiger partial charge in [0.2, 0.25) is 5.91 Å². The second-order valence-corrected chi connectivity index (χ2v) is 7.57. The summed E-state index contributed by atoms with van der Waals surface area (Å²) in [5.74, 6) is -0.540. The van der Waals surface area contributed by atoms with Crippen LogP contribution in [0.2, 0.25) is 5.02 Å². The van der Waals surface area contributed by atoms with E-state index < -0.39 is 5.54 Å². The number of benzene rings is 2. The molecule has 138 valence electrons. The third-order valence-electron chi connectivity index (χ3n) is 5.31. The van der Waals surface area contributed by atoms with Crippen molar-refractivity contribution >= 4 is 29.2 Å². The van der Waals surface area contributed by atoms with E-state index in [1.54, 1.807) is 24.3 Å². The molecule has 1 heterocycles. The molecule has 2 aromatic carbocycles. The van der Waals surface area contributed by atoms with Crippen LogP contribution >= 0.6 is 11.6 Å². The normalized spacial score (nSPS) is 21.8. The Bertz CT molecular complexity index is 921. The monoisotopic (exact) mass is 382 g/mol. The molecule has 6 heteroatoms. The fourth-order valence-corrected chi connectivity index (χ4v) is 3.86. The lowest BCUT2D eigenvalue weighted by Gasteiger charge is -2.28. The van der Waals surface area contributed by atoms with E-state index in [2.05, 4.69) is 10.6 Å². The minimum atomic E-state index is -0.943. The van der Waals surface area contributed by atoms with E-state index in [-0.39, 0.29) is 36.5 Å². The Morgan fingerprint density at radius 2 is 1.81 bits per heavy atom. The first-order chi connectivity index (χ1) is 13.0. The number of ketones is 1. The molecule has 1 aliphatic heterocycles. The van der Waals surface area contributed by atoms with Crippen molar-refractivity contribution in [1.82, 2.24) is 10.6 Å². The highest BCUT2D eigenvalue weighted by atomic mass is 35.5. The minimum Gasteiger partial charge on any atom is -0.349 e. The quantitative estimate of drug-likeness (QED) is 0.780. The van der Waals surface area contributed by atoms with E-state index in [0.717, 1.165) is 24.0 Å². The molecule has 0 bridgehead atoms. The topological polar surface area (TPSA) is 75.3 Å². The van der Waals surface area contributed by atoms with Gasteiger partial charge < -0.3 is 10.6 Å². The third kappa shape index (κ3) is 3.35. The summed E-state index contributed by atoms with van der Waals surface area (Å²) < 4.78 is 0. The molecule has 2 fully saturated rings. The lowest BCUT2D eigenvalue weighted by Crippen LogP contribution is -2.56. The highest BCUT2D eigenvalue weighted by Gasteiger charge is 2.55. The largest absolute Gasteiger partial charge is 0.349 e. The van der Waals surface area contributed by atoms with E-state index >= 15 is 0 Å². The van der Waals surface area contributed by atoms with E-state index in [0.29, 0.717) is 10.6 Å². The van der Waals surface area contributed by atoms with Crippen LogP contribution in [0.5, 0.6) is 0 Å². The zero-order valence-corrected chi connectivity index (χ0v) is 15.4. The summed E-state index contributed by atoms with van der Waals surface area (Å²) in [7, 11) is 0. The zero-order valence-electron chi connectivity index (χ0n) is 14.6. The Balaban J connectivity index is 1.56. The van der Waals surface area contributed by atoms with Crippen LogP contribution in [0.3, 0.4) is 0 Å².